The lowest BCUT2D eigenvalue weighted by Crippen LogP contribution is -2.38. The molecule has 1 heterocycles. The molecule has 0 spiro atoms. The number of nitro benzene ring substituents is 1. The molecule has 0 fully saturated rings. The van der Waals surface area contributed by atoms with Crippen LogP contribution in [0, 0.1) is 10.1 Å². The molecule has 7 nitrogen and oxygen atoms in total. The summed E-state index contributed by atoms with van der Waals surface area (Å²) in [5, 5.41) is 10.8. The van der Waals surface area contributed by atoms with E-state index in [1.165, 1.54) is 12.1 Å². The third-order valence-electron chi connectivity index (χ3n) is 3.78. The average Bonchev–Trinajstić information content (AvgIpc) is 2.59. The number of nitrogen functional groups attached to an aromatic ring is 1. The quantitative estimate of drug-likeness (QED) is 0.299. The zero-order chi connectivity index (χ0) is 18.8. The van der Waals surface area contributed by atoms with Crippen molar-refractivity contribution in [1.29, 1.82) is 0 Å². The van der Waals surface area contributed by atoms with E-state index in [-0.39, 0.29) is 17.4 Å². The van der Waals surface area contributed by atoms with Crippen LogP contribution >= 0.6 is 0 Å². The van der Waals surface area contributed by atoms with Gasteiger partial charge in [0.15, 0.2) is 11.5 Å². The molecule has 1 amide bonds. The van der Waals surface area contributed by atoms with Gasteiger partial charge in [0, 0.05) is 24.4 Å². The van der Waals surface area contributed by atoms with Crippen molar-refractivity contribution in [3.8, 4) is 5.75 Å². The predicted octanol–water partition coefficient (Wildman–Crippen LogP) is 3.52. The molecule has 2 aromatic rings. The van der Waals surface area contributed by atoms with Crippen molar-refractivity contribution >= 4 is 29.0 Å². The molecule has 26 heavy (non-hydrogen) atoms. The highest BCUT2D eigenvalue weighted by atomic mass is 16.6. The summed E-state index contributed by atoms with van der Waals surface area (Å²) in [5.41, 5.74) is 8.34. The summed E-state index contributed by atoms with van der Waals surface area (Å²) < 4.78 is 5.74. The first kappa shape index (κ1) is 17.2. The number of fused-ring (bicyclic) bond motifs is 1. The molecule has 7 heteroatoms. The molecule has 2 aromatic carbocycles. The summed E-state index contributed by atoms with van der Waals surface area (Å²) >= 11 is 0. The normalized spacial score (nSPS) is 14.7. The first-order valence-electron chi connectivity index (χ1n) is 7.85. The van der Waals surface area contributed by atoms with Crippen molar-refractivity contribution in [1.82, 2.24) is 0 Å². The Morgan fingerprint density at radius 3 is 2.62 bits per heavy atom. The molecule has 0 radical (unpaired) electrons. The molecule has 1 aliphatic heterocycles. The predicted molar refractivity (Wildman–Crippen MR) is 99.7 cm³/mol. The molecule has 2 N–H and O–H groups in total. The van der Waals surface area contributed by atoms with Crippen molar-refractivity contribution in [3.05, 3.63) is 76.1 Å². The van der Waals surface area contributed by atoms with Crippen LogP contribution in [0.5, 0.6) is 5.75 Å². The van der Waals surface area contributed by atoms with Crippen LogP contribution in [0.1, 0.15) is 12.5 Å². The van der Waals surface area contributed by atoms with Crippen molar-refractivity contribution in [2.75, 3.05) is 17.2 Å². The topological polar surface area (TPSA) is 98.7 Å². The Balaban J connectivity index is 2.00. The second-order valence-corrected chi connectivity index (χ2v) is 6.03. The minimum Gasteiger partial charge on any atom is -0.449 e. The average molecular weight is 351 g/mol. The molecule has 0 bridgehead atoms. The first-order valence-corrected chi connectivity index (χ1v) is 7.85. The molecule has 0 aliphatic carbocycles. The van der Waals surface area contributed by atoms with Crippen LogP contribution in [-0.4, -0.2) is 17.4 Å². The van der Waals surface area contributed by atoms with Crippen molar-refractivity contribution < 1.29 is 14.5 Å². The lowest BCUT2D eigenvalue weighted by molar-refractivity contribution is -0.384. The minimum atomic E-state index is -0.478. The summed E-state index contributed by atoms with van der Waals surface area (Å²) in [5.74, 6) is 0.301. The molecule has 0 saturated carbocycles. The van der Waals surface area contributed by atoms with E-state index in [9.17, 15) is 14.9 Å². The van der Waals surface area contributed by atoms with Crippen LogP contribution in [0.3, 0.4) is 0 Å². The highest BCUT2D eigenvalue weighted by Gasteiger charge is 2.30. The van der Waals surface area contributed by atoms with E-state index in [0.717, 1.165) is 5.57 Å². The number of nitrogens with two attached hydrogens (primary N) is 1. The maximum atomic E-state index is 12.9. The van der Waals surface area contributed by atoms with E-state index in [1.807, 2.05) is 6.92 Å². The van der Waals surface area contributed by atoms with Gasteiger partial charge >= 0.3 is 0 Å². The van der Waals surface area contributed by atoms with Crippen LogP contribution in [-0.2, 0) is 4.79 Å². The fourth-order valence-corrected chi connectivity index (χ4v) is 2.60. The van der Waals surface area contributed by atoms with Crippen LogP contribution in [0.15, 0.2) is 60.4 Å². The zero-order valence-corrected chi connectivity index (χ0v) is 14.1. The minimum absolute atomic E-state index is 0.0206. The number of ether oxygens (including phenoxy) is 1. The molecule has 1 aliphatic rings. The van der Waals surface area contributed by atoms with Gasteiger partial charge in [-0.05, 0) is 48.9 Å². The number of hydrogen-bond donors (Lipinski definition) is 1. The third-order valence-corrected chi connectivity index (χ3v) is 3.78. The molecule has 3 rings (SSSR count). The Morgan fingerprint density at radius 2 is 2.00 bits per heavy atom. The maximum absolute atomic E-state index is 12.9. The highest BCUT2D eigenvalue weighted by Crippen LogP contribution is 2.37. The Morgan fingerprint density at radius 1 is 1.31 bits per heavy atom. The highest BCUT2D eigenvalue weighted by molar-refractivity contribution is 6.10. The van der Waals surface area contributed by atoms with Gasteiger partial charge in [0.25, 0.3) is 11.6 Å². The summed E-state index contributed by atoms with van der Waals surface area (Å²) in [6, 6.07) is 10.9. The van der Waals surface area contributed by atoms with Gasteiger partial charge in [-0.1, -0.05) is 12.2 Å². The van der Waals surface area contributed by atoms with E-state index >= 15 is 0 Å². The van der Waals surface area contributed by atoms with Gasteiger partial charge in [0.05, 0.1) is 10.6 Å². The number of carbonyl (C=O) groups excluding carboxylic acids is 1. The van der Waals surface area contributed by atoms with Crippen molar-refractivity contribution in [3.63, 3.8) is 0 Å². The fraction of sp³-hybridized carbons (Fsp3) is 0.105. The first-order chi connectivity index (χ1) is 12.3. The number of non-ortho nitro benzene ring substituents is 1. The van der Waals surface area contributed by atoms with E-state index in [0.29, 0.717) is 29.2 Å². The van der Waals surface area contributed by atoms with Gasteiger partial charge in [-0.25, -0.2) is 0 Å². The maximum Gasteiger partial charge on any atom is 0.294 e. The summed E-state index contributed by atoms with van der Waals surface area (Å²) in [7, 11) is 0. The number of benzene rings is 2. The smallest absolute Gasteiger partial charge is 0.294 e. The number of nitrogens with zero attached hydrogens (tertiary/aromatic N) is 2. The second-order valence-electron chi connectivity index (χ2n) is 6.03. The van der Waals surface area contributed by atoms with Gasteiger partial charge in [-0.3, -0.25) is 19.8 Å². The van der Waals surface area contributed by atoms with Crippen LogP contribution < -0.4 is 15.4 Å². The van der Waals surface area contributed by atoms with E-state index in [1.54, 1.807) is 41.3 Å². The monoisotopic (exact) mass is 351 g/mol. The summed E-state index contributed by atoms with van der Waals surface area (Å²) in [4.78, 5) is 24.7. The number of nitro groups is 1. The van der Waals surface area contributed by atoms with E-state index < -0.39 is 4.92 Å². The lowest BCUT2D eigenvalue weighted by Gasteiger charge is -2.31. The standard InChI is InChI=1S/C19H17N3O4/c1-12(2)11-21-16-10-14(20)5-8-17(16)26-18(19(21)23)9-13-3-6-15(7-4-13)22(24)25/h3-10H,1,11,20H2,2H3/b18-9+. The SMILES string of the molecule is C=C(C)CN1C(=O)/C(=C\c2ccc([N+](=O)[O-])cc2)Oc2ccc(N)cc21. The molecule has 0 saturated heterocycles. The fourth-order valence-electron chi connectivity index (χ4n) is 2.60. The Labute approximate surface area is 150 Å². The number of rotatable bonds is 4. The van der Waals surface area contributed by atoms with E-state index in [2.05, 4.69) is 6.58 Å². The summed E-state index contributed by atoms with van der Waals surface area (Å²) in [6.45, 7) is 6.02. The number of carbonyl (C=O) groups is 1. The zero-order valence-electron chi connectivity index (χ0n) is 14.1. The Bertz CT molecular complexity index is 932. The molecule has 0 aromatic heterocycles. The number of amides is 1. The molecule has 132 valence electrons. The Kier molecular flexibility index (Phi) is 4.45. The molecule has 0 atom stereocenters. The van der Waals surface area contributed by atoms with Crippen molar-refractivity contribution in [2.45, 2.75) is 6.92 Å². The van der Waals surface area contributed by atoms with E-state index in [4.69, 9.17) is 10.5 Å². The van der Waals surface area contributed by atoms with Crippen LogP contribution in [0.25, 0.3) is 6.08 Å². The Hall–Kier alpha value is -3.61. The number of hydrogen-bond acceptors (Lipinski definition) is 5. The largest absolute Gasteiger partial charge is 0.449 e. The van der Waals surface area contributed by atoms with Crippen LogP contribution in [0.4, 0.5) is 17.1 Å². The molecular weight excluding hydrogens is 334 g/mol. The van der Waals surface area contributed by atoms with Gasteiger partial charge in [0.1, 0.15) is 0 Å². The van der Waals surface area contributed by atoms with Gasteiger partial charge in [0.2, 0.25) is 0 Å². The number of anilines is 2. The van der Waals surface area contributed by atoms with Gasteiger partial charge in [-0.2, -0.15) is 0 Å². The molecular formula is C19H17N3O4. The third kappa shape index (κ3) is 3.41. The molecule has 0 unspecified atom stereocenters. The van der Waals surface area contributed by atoms with Gasteiger partial charge in [-0.15, -0.1) is 0 Å². The van der Waals surface area contributed by atoms with Gasteiger partial charge < -0.3 is 10.5 Å². The summed E-state index contributed by atoms with van der Waals surface area (Å²) in [6.07, 6.45) is 1.55. The lowest BCUT2D eigenvalue weighted by atomic mass is 10.1. The second kappa shape index (κ2) is 6.72. The van der Waals surface area contributed by atoms with Crippen LogP contribution in [0.2, 0.25) is 0 Å². The van der Waals surface area contributed by atoms with Crippen molar-refractivity contribution in [2.24, 2.45) is 0 Å².